The molecule has 0 spiro atoms. The van der Waals surface area contributed by atoms with Crippen LogP contribution in [-0.4, -0.2) is 37.8 Å². The number of aromatic amines is 1. The summed E-state index contributed by atoms with van der Waals surface area (Å²) in [4.78, 5) is 15.0. The number of carbonyl (C=O) groups is 1. The van der Waals surface area contributed by atoms with E-state index in [1.807, 2.05) is 0 Å². The van der Waals surface area contributed by atoms with E-state index in [-0.39, 0.29) is 5.91 Å². The maximum atomic E-state index is 11.7. The van der Waals surface area contributed by atoms with Crippen LogP contribution in [0.15, 0.2) is 6.07 Å². The molecule has 4 rings (SSSR count). The second kappa shape index (κ2) is 6.99. The van der Waals surface area contributed by atoms with Crippen molar-refractivity contribution in [1.29, 1.82) is 0 Å². The van der Waals surface area contributed by atoms with Crippen LogP contribution in [-0.2, 0) is 22.4 Å². The number of ether oxygens (including phenoxy) is 2. The fourth-order valence-corrected chi connectivity index (χ4v) is 3.05. The molecule has 0 radical (unpaired) electrons. The van der Waals surface area contributed by atoms with Gasteiger partial charge in [-0.05, 0) is 12.0 Å². The highest BCUT2D eigenvalue weighted by Gasteiger charge is 2.23. The summed E-state index contributed by atoms with van der Waals surface area (Å²) in [5, 5.41) is 4.60. The number of aromatic nitrogens is 1. The molecule has 0 atom stereocenters. The van der Waals surface area contributed by atoms with Crippen LogP contribution in [0.4, 0.5) is 0 Å². The lowest BCUT2D eigenvalue weighted by Crippen LogP contribution is -2.24. The number of carbonyl (C=O) groups excluding carboxylic acids is 1. The van der Waals surface area contributed by atoms with Crippen molar-refractivity contribution in [1.82, 2.24) is 10.3 Å². The third-order valence-corrected chi connectivity index (χ3v) is 4.74. The van der Waals surface area contributed by atoms with Gasteiger partial charge in [0.15, 0.2) is 0 Å². The van der Waals surface area contributed by atoms with E-state index in [2.05, 4.69) is 10.3 Å². The van der Waals surface area contributed by atoms with Gasteiger partial charge in [0, 0.05) is 43.3 Å². The number of methoxy groups -OCH3 is 1. The van der Waals surface area contributed by atoms with Gasteiger partial charge in [0.05, 0.1) is 29.1 Å². The van der Waals surface area contributed by atoms with Crippen molar-refractivity contribution in [3.8, 4) is 5.75 Å². The molecule has 3 heterocycles. The van der Waals surface area contributed by atoms with Crippen LogP contribution in [0.3, 0.4) is 0 Å². The van der Waals surface area contributed by atoms with Gasteiger partial charge in [-0.15, -0.1) is 0 Å². The first kappa shape index (κ1) is 16.4. The molecule has 2 N–H and O–H groups in total. The molecule has 124 valence electrons. The maximum Gasteiger partial charge on any atom is 0.224 e. The van der Waals surface area contributed by atoms with E-state index >= 15 is 0 Å². The number of amides is 1. The molecule has 1 amide bonds. The Kier molecular flexibility index (Phi) is 4.99. The fourth-order valence-electron chi connectivity index (χ4n) is 2.66. The van der Waals surface area contributed by atoms with Crippen molar-refractivity contribution in [3.63, 3.8) is 0 Å². The van der Waals surface area contributed by atoms with Crippen molar-refractivity contribution in [3.05, 3.63) is 27.4 Å². The number of hydrogen-bond donors (Lipinski definition) is 2. The van der Waals surface area contributed by atoms with Gasteiger partial charge in [0.1, 0.15) is 5.75 Å². The molecule has 2 aliphatic heterocycles. The standard InChI is InChI=1S/C13H12Cl2N2O2.C3H6O/c1-19-9-5-7(14)12(15)13-11(9)6-4-10(18)16-3-2-8(6)17-13;1-2-4-3-1/h5,17H,2-4H2,1H3,(H,16,18);1-3H2. The monoisotopic (exact) mass is 356 g/mol. The lowest BCUT2D eigenvalue weighted by Gasteiger charge is -2.09. The smallest absolute Gasteiger partial charge is 0.224 e. The number of nitrogens with one attached hydrogen (secondary N) is 2. The van der Waals surface area contributed by atoms with Crippen LogP contribution in [0.5, 0.6) is 5.75 Å². The number of H-pyrrole nitrogens is 1. The molecule has 7 heteroatoms. The van der Waals surface area contributed by atoms with E-state index in [0.717, 1.165) is 41.8 Å². The summed E-state index contributed by atoms with van der Waals surface area (Å²) >= 11 is 12.3. The summed E-state index contributed by atoms with van der Waals surface area (Å²) in [5.74, 6) is 0.643. The van der Waals surface area contributed by atoms with Crippen molar-refractivity contribution < 1.29 is 14.3 Å². The van der Waals surface area contributed by atoms with Gasteiger partial charge in [-0.1, -0.05) is 23.2 Å². The SMILES string of the molecule is C1COC1.COc1cc(Cl)c(Cl)c2[nH]c3c(c12)CC(=O)NCC3. The molecule has 0 saturated carbocycles. The van der Waals surface area contributed by atoms with E-state index in [0.29, 0.717) is 28.8 Å². The molecular weight excluding hydrogens is 339 g/mol. The van der Waals surface area contributed by atoms with Gasteiger partial charge in [-0.2, -0.15) is 0 Å². The zero-order valence-electron chi connectivity index (χ0n) is 12.8. The van der Waals surface area contributed by atoms with Gasteiger partial charge in [0.2, 0.25) is 5.91 Å². The predicted molar refractivity (Wildman–Crippen MR) is 90.7 cm³/mol. The molecule has 1 fully saturated rings. The molecule has 2 aromatic rings. The van der Waals surface area contributed by atoms with Crippen LogP contribution in [0, 0.1) is 0 Å². The summed E-state index contributed by atoms with van der Waals surface area (Å²) < 4.78 is 10.1. The highest BCUT2D eigenvalue weighted by Crippen LogP contribution is 2.40. The van der Waals surface area contributed by atoms with Gasteiger partial charge >= 0.3 is 0 Å². The fraction of sp³-hybridized carbons (Fsp3) is 0.438. The Hall–Kier alpha value is -1.43. The first-order valence-electron chi connectivity index (χ1n) is 7.51. The van der Waals surface area contributed by atoms with Crippen LogP contribution >= 0.6 is 23.2 Å². The Morgan fingerprint density at radius 2 is 2.00 bits per heavy atom. The lowest BCUT2D eigenvalue weighted by atomic mass is 10.1. The van der Waals surface area contributed by atoms with Crippen molar-refractivity contribution >= 4 is 40.0 Å². The van der Waals surface area contributed by atoms with Gasteiger partial charge < -0.3 is 19.8 Å². The minimum absolute atomic E-state index is 0.00720. The second-order valence-corrected chi connectivity index (χ2v) is 6.23. The average Bonchev–Trinajstić information content (AvgIpc) is 2.70. The van der Waals surface area contributed by atoms with Crippen LogP contribution in [0.25, 0.3) is 10.9 Å². The van der Waals surface area contributed by atoms with Crippen molar-refractivity contribution in [2.75, 3.05) is 26.9 Å². The Balaban J connectivity index is 0.000000341. The molecule has 0 bridgehead atoms. The number of benzene rings is 1. The zero-order chi connectivity index (χ0) is 16.4. The third-order valence-electron chi connectivity index (χ3n) is 3.96. The van der Waals surface area contributed by atoms with Gasteiger partial charge in [-0.3, -0.25) is 4.79 Å². The minimum atomic E-state index is 0.00720. The van der Waals surface area contributed by atoms with E-state index in [1.165, 1.54) is 6.42 Å². The molecule has 0 aliphatic carbocycles. The quantitative estimate of drug-likeness (QED) is 0.824. The second-order valence-electron chi connectivity index (χ2n) is 5.45. The van der Waals surface area contributed by atoms with Crippen LogP contribution < -0.4 is 10.1 Å². The molecule has 0 unspecified atom stereocenters. The molecule has 5 nitrogen and oxygen atoms in total. The third kappa shape index (κ3) is 3.27. The van der Waals surface area contributed by atoms with E-state index in [1.54, 1.807) is 13.2 Å². The molecule has 2 aliphatic rings. The summed E-state index contributed by atoms with van der Waals surface area (Å²) in [5.41, 5.74) is 2.70. The normalized spacial score (nSPS) is 16.6. The lowest BCUT2D eigenvalue weighted by molar-refractivity contribution is -0.120. The molecule has 23 heavy (non-hydrogen) atoms. The van der Waals surface area contributed by atoms with Crippen LogP contribution in [0.1, 0.15) is 17.7 Å². The first-order chi connectivity index (χ1) is 11.1. The number of halogens is 2. The van der Waals surface area contributed by atoms with Crippen LogP contribution in [0.2, 0.25) is 10.0 Å². The summed E-state index contributed by atoms with van der Waals surface area (Å²) in [7, 11) is 1.58. The highest BCUT2D eigenvalue weighted by atomic mass is 35.5. The predicted octanol–water partition coefficient (Wildman–Crippen LogP) is 3.10. The molecule has 1 aromatic heterocycles. The summed E-state index contributed by atoms with van der Waals surface area (Å²) in [6.07, 6.45) is 2.34. The Labute approximate surface area is 144 Å². The maximum absolute atomic E-state index is 11.7. The van der Waals surface area contributed by atoms with E-state index in [9.17, 15) is 4.79 Å². The minimum Gasteiger partial charge on any atom is -0.496 e. The Bertz CT molecular complexity index is 735. The Morgan fingerprint density at radius 1 is 1.30 bits per heavy atom. The number of hydrogen-bond acceptors (Lipinski definition) is 3. The summed E-state index contributed by atoms with van der Waals surface area (Å²) in [6.45, 7) is 2.62. The number of fused-ring (bicyclic) bond motifs is 3. The zero-order valence-corrected chi connectivity index (χ0v) is 14.3. The largest absolute Gasteiger partial charge is 0.496 e. The average molecular weight is 357 g/mol. The van der Waals surface area contributed by atoms with Crippen molar-refractivity contribution in [2.24, 2.45) is 0 Å². The first-order valence-corrected chi connectivity index (χ1v) is 8.27. The molecule has 1 saturated heterocycles. The van der Waals surface area contributed by atoms with Gasteiger partial charge in [-0.25, -0.2) is 0 Å². The van der Waals surface area contributed by atoms with Gasteiger partial charge in [0.25, 0.3) is 0 Å². The van der Waals surface area contributed by atoms with E-state index in [4.69, 9.17) is 32.7 Å². The highest BCUT2D eigenvalue weighted by molar-refractivity contribution is 6.45. The molecular formula is C16H18Cl2N2O3. The topological polar surface area (TPSA) is 63.4 Å². The van der Waals surface area contributed by atoms with E-state index < -0.39 is 0 Å². The molecule has 1 aromatic carbocycles. The number of rotatable bonds is 1. The van der Waals surface area contributed by atoms with Crippen molar-refractivity contribution in [2.45, 2.75) is 19.3 Å². The summed E-state index contributed by atoms with van der Waals surface area (Å²) in [6, 6.07) is 1.68. The Morgan fingerprint density at radius 3 is 2.61 bits per heavy atom.